The quantitative estimate of drug-likeness (QED) is 0.835. The van der Waals surface area contributed by atoms with Gasteiger partial charge in [-0.1, -0.05) is 12.1 Å². The summed E-state index contributed by atoms with van der Waals surface area (Å²) >= 11 is 0. The number of fused-ring (bicyclic) bond motifs is 1. The molecular weight excluding hydrogens is 332 g/mol. The van der Waals surface area contributed by atoms with Crippen LogP contribution < -0.4 is 5.32 Å². The number of nitrogens with zero attached hydrogens (tertiary/aromatic N) is 1. The van der Waals surface area contributed by atoms with E-state index >= 15 is 0 Å². The van der Waals surface area contributed by atoms with Crippen LogP contribution in [0, 0.1) is 5.92 Å². The van der Waals surface area contributed by atoms with E-state index in [2.05, 4.69) is 10.2 Å². The Morgan fingerprint density at radius 3 is 3.00 bits per heavy atom. The first-order valence-electron chi connectivity index (χ1n) is 9.01. The minimum Gasteiger partial charge on any atom is -0.467 e. The van der Waals surface area contributed by atoms with Crippen molar-refractivity contribution in [2.45, 2.75) is 32.0 Å². The highest BCUT2D eigenvalue weighted by molar-refractivity contribution is 5.94. The SMILES string of the molecule is O=C(NCc1ccco1)c1cccc(CN2CC[C@@H]3CCOC(=O)[C@@H]32)c1. The molecule has 0 aliphatic carbocycles. The minimum atomic E-state index is -0.139. The molecule has 2 aromatic rings. The summed E-state index contributed by atoms with van der Waals surface area (Å²) in [6, 6.07) is 11.0. The molecule has 2 saturated heterocycles. The lowest BCUT2D eigenvalue weighted by atomic mass is 9.95. The third kappa shape index (κ3) is 3.51. The van der Waals surface area contributed by atoms with Crippen molar-refractivity contribution in [1.82, 2.24) is 10.2 Å². The zero-order valence-corrected chi connectivity index (χ0v) is 14.5. The second kappa shape index (κ2) is 7.33. The van der Waals surface area contributed by atoms with Crippen LogP contribution in [-0.2, 0) is 22.6 Å². The summed E-state index contributed by atoms with van der Waals surface area (Å²) < 4.78 is 10.5. The zero-order chi connectivity index (χ0) is 17.9. The molecule has 6 heteroatoms. The van der Waals surface area contributed by atoms with Crippen LogP contribution in [0.15, 0.2) is 47.1 Å². The molecule has 3 heterocycles. The highest BCUT2D eigenvalue weighted by atomic mass is 16.5. The molecule has 2 aliphatic rings. The number of furan rings is 1. The average Bonchev–Trinajstić information content (AvgIpc) is 3.31. The van der Waals surface area contributed by atoms with Crippen LogP contribution in [0.3, 0.4) is 0 Å². The van der Waals surface area contributed by atoms with Crippen molar-refractivity contribution in [3.8, 4) is 0 Å². The molecule has 2 fully saturated rings. The predicted octanol–water partition coefficient (Wildman–Crippen LogP) is 2.35. The second-order valence-electron chi connectivity index (χ2n) is 6.88. The second-order valence-corrected chi connectivity index (χ2v) is 6.88. The first-order chi connectivity index (χ1) is 12.7. The first kappa shape index (κ1) is 16.8. The van der Waals surface area contributed by atoms with Crippen LogP contribution in [-0.4, -0.2) is 36.0 Å². The van der Waals surface area contributed by atoms with Crippen molar-refractivity contribution in [3.63, 3.8) is 0 Å². The Bertz CT molecular complexity index is 787. The normalized spacial score (nSPS) is 22.7. The molecule has 0 unspecified atom stereocenters. The van der Waals surface area contributed by atoms with E-state index in [0.717, 1.165) is 24.9 Å². The van der Waals surface area contributed by atoms with E-state index in [0.29, 0.717) is 36.9 Å². The summed E-state index contributed by atoms with van der Waals surface area (Å²) in [6.45, 7) is 2.44. The summed E-state index contributed by atoms with van der Waals surface area (Å²) in [7, 11) is 0. The Labute approximate surface area is 152 Å². The van der Waals surface area contributed by atoms with E-state index in [4.69, 9.17) is 9.15 Å². The fourth-order valence-electron chi connectivity index (χ4n) is 3.87. The minimum absolute atomic E-state index is 0.105. The van der Waals surface area contributed by atoms with E-state index in [1.165, 1.54) is 0 Å². The van der Waals surface area contributed by atoms with Crippen LogP contribution in [0.25, 0.3) is 0 Å². The molecule has 0 bridgehead atoms. The van der Waals surface area contributed by atoms with Gasteiger partial charge in [-0.3, -0.25) is 14.5 Å². The maximum absolute atomic E-state index is 12.4. The fraction of sp³-hybridized carbons (Fsp3) is 0.400. The van der Waals surface area contributed by atoms with Crippen LogP contribution in [0.5, 0.6) is 0 Å². The summed E-state index contributed by atoms with van der Waals surface area (Å²) in [6.07, 6.45) is 3.56. The lowest BCUT2D eigenvalue weighted by Crippen LogP contribution is -2.43. The molecule has 4 rings (SSSR count). The molecule has 136 valence electrons. The highest BCUT2D eigenvalue weighted by Gasteiger charge is 2.42. The molecule has 1 aromatic carbocycles. The number of carbonyl (C=O) groups is 2. The van der Waals surface area contributed by atoms with Gasteiger partial charge in [-0.2, -0.15) is 0 Å². The van der Waals surface area contributed by atoms with Crippen LogP contribution in [0.4, 0.5) is 0 Å². The van der Waals surface area contributed by atoms with Crippen molar-refractivity contribution < 1.29 is 18.7 Å². The largest absolute Gasteiger partial charge is 0.467 e. The van der Waals surface area contributed by atoms with Crippen molar-refractivity contribution in [3.05, 3.63) is 59.5 Å². The summed E-state index contributed by atoms with van der Waals surface area (Å²) in [4.78, 5) is 26.7. The van der Waals surface area contributed by atoms with Crippen molar-refractivity contribution in [1.29, 1.82) is 0 Å². The number of rotatable bonds is 5. The van der Waals surface area contributed by atoms with Gasteiger partial charge in [0.15, 0.2) is 0 Å². The number of nitrogens with one attached hydrogen (secondary N) is 1. The van der Waals surface area contributed by atoms with Gasteiger partial charge in [0.05, 0.1) is 19.4 Å². The Kier molecular flexibility index (Phi) is 4.75. The smallest absolute Gasteiger partial charge is 0.323 e. The lowest BCUT2D eigenvalue weighted by molar-refractivity contribution is -0.155. The van der Waals surface area contributed by atoms with Gasteiger partial charge in [-0.05, 0) is 55.1 Å². The molecule has 0 spiro atoms. The molecule has 26 heavy (non-hydrogen) atoms. The topological polar surface area (TPSA) is 71.8 Å². The predicted molar refractivity (Wildman–Crippen MR) is 94.2 cm³/mol. The Hall–Kier alpha value is -2.60. The molecule has 1 aromatic heterocycles. The standard InChI is InChI=1S/C20H22N2O4/c23-19(21-12-17-5-2-9-25-17)16-4-1-3-14(11-16)13-22-8-6-15-7-10-26-20(24)18(15)22/h1-5,9,11,15,18H,6-8,10,12-13H2,(H,21,23)/t15-,18-/m1/s1. The van der Waals surface area contributed by atoms with Gasteiger partial charge >= 0.3 is 5.97 Å². The zero-order valence-electron chi connectivity index (χ0n) is 14.5. The molecule has 6 nitrogen and oxygen atoms in total. The summed E-state index contributed by atoms with van der Waals surface area (Å²) in [5.74, 6) is 0.871. The number of hydrogen-bond acceptors (Lipinski definition) is 5. The van der Waals surface area contributed by atoms with Crippen LogP contribution in [0.1, 0.15) is 34.5 Å². The highest BCUT2D eigenvalue weighted by Crippen LogP contribution is 2.32. The number of likely N-dealkylation sites (tertiary alicyclic amines) is 1. The maximum Gasteiger partial charge on any atom is 0.323 e. The van der Waals surface area contributed by atoms with Gasteiger partial charge in [0, 0.05) is 12.1 Å². The van der Waals surface area contributed by atoms with E-state index < -0.39 is 0 Å². The van der Waals surface area contributed by atoms with E-state index in [9.17, 15) is 9.59 Å². The number of amides is 1. The van der Waals surface area contributed by atoms with E-state index in [-0.39, 0.29) is 17.9 Å². The van der Waals surface area contributed by atoms with Gasteiger partial charge in [0.1, 0.15) is 11.8 Å². The van der Waals surface area contributed by atoms with Crippen molar-refractivity contribution in [2.75, 3.05) is 13.2 Å². The van der Waals surface area contributed by atoms with Gasteiger partial charge < -0.3 is 14.5 Å². The van der Waals surface area contributed by atoms with Crippen LogP contribution in [0.2, 0.25) is 0 Å². The Balaban J connectivity index is 1.41. The maximum atomic E-state index is 12.4. The number of hydrogen-bond donors (Lipinski definition) is 1. The number of ether oxygens (including phenoxy) is 1. The summed E-state index contributed by atoms with van der Waals surface area (Å²) in [5.41, 5.74) is 1.63. The van der Waals surface area contributed by atoms with Gasteiger partial charge in [-0.15, -0.1) is 0 Å². The molecule has 0 radical (unpaired) electrons. The Morgan fingerprint density at radius 2 is 2.15 bits per heavy atom. The van der Waals surface area contributed by atoms with E-state index in [1.54, 1.807) is 18.4 Å². The molecule has 1 N–H and O–H groups in total. The third-order valence-corrected chi connectivity index (χ3v) is 5.18. The summed E-state index contributed by atoms with van der Waals surface area (Å²) in [5, 5.41) is 2.85. The van der Waals surface area contributed by atoms with Gasteiger partial charge in [0.25, 0.3) is 5.91 Å². The average molecular weight is 354 g/mol. The molecule has 0 saturated carbocycles. The number of carbonyl (C=O) groups excluding carboxylic acids is 2. The molecular formula is C20H22N2O4. The molecule has 2 aliphatic heterocycles. The third-order valence-electron chi connectivity index (χ3n) is 5.18. The van der Waals surface area contributed by atoms with Gasteiger partial charge in [0.2, 0.25) is 0 Å². The fourth-order valence-corrected chi connectivity index (χ4v) is 3.87. The van der Waals surface area contributed by atoms with Gasteiger partial charge in [-0.25, -0.2) is 0 Å². The number of benzene rings is 1. The molecule has 1 amide bonds. The molecule has 2 atom stereocenters. The van der Waals surface area contributed by atoms with Crippen molar-refractivity contribution in [2.24, 2.45) is 5.92 Å². The van der Waals surface area contributed by atoms with Crippen LogP contribution >= 0.6 is 0 Å². The first-order valence-corrected chi connectivity index (χ1v) is 9.01. The number of esters is 1. The number of cyclic esters (lactones) is 1. The van der Waals surface area contributed by atoms with Crippen molar-refractivity contribution >= 4 is 11.9 Å². The lowest BCUT2D eigenvalue weighted by Gasteiger charge is -2.30. The Morgan fingerprint density at radius 1 is 1.23 bits per heavy atom. The van der Waals surface area contributed by atoms with E-state index in [1.807, 2.05) is 24.3 Å². The monoisotopic (exact) mass is 354 g/mol.